The number of ether oxygens (including phenoxy) is 2. The number of halogens is 4. The van der Waals surface area contributed by atoms with Gasteiger partial charge in [0, 0.05) is 54.8 Å². The van der Waals surface area contributed by atoms with E-state index in [1.54, 1.807) is 53.4 Å². The van der Waals surface area contributed by atoms with Crippen molar-refractivity contribution >= 4 is 41.2 Å². The summed E-state index contributed by atoms with van der Waals surface area (Å²) in [5, 5.41) is 15.4. The van der Waals surface area contributed by atoms with Crippen LogP contribution in [0.15, 0.2) is 60.7 Å². The van der Waals surface area contributed by atoms with Gasteiger partial charge in [0.25, 0.3) is 5.91 Å². The van der Waals surface area contributed by atoms with Crippen LogP contribution in [0.1, 0.15) is 36.7 Å². The smallest absolute Gasteiger partial charge is 0.422 e. The summed E-state index contributed by atoms with van der Waals surface area (Å²) < 4.78 is 48.9. The van der Waals surface area contributed by atoms with Gasteiger partial charge in [0.1, 0.15) is 12.4 Å². The Labute approximate surface area is 280 Å². The summed E-state index contributed by atoms with van der Waals surface area (Å²) in [4.78, 5) is 39.8. The number of benzene rings is 2. The van der Waals surface area contributed by atoms with Crippen molar-refractivity contribution in [3.8, 4) is 11.8 Å². The topological polar surface area (TPSA) is 142 Å². The van der Waals surface area contributed by atoms with Gasteiger partial charge < -0.3 is 35.0 Å². The largest absolute Gasteiger partial charge is 0.489 e. The first-order valence-corrected chi connectivity index (χ1v) is 15.4. The van der Waals surface area contributed by atoms with Crippen molar-refractivity contribution in [3.05, 3.63) is 71.8 Å². The summed E-state index contributed by atoms with van der Waals surface area (Å²) in [6, 6.07) is 13.0. The van der Waals surface area contributed by atoms with Crippen LogP contribution in [0.3, 0.4) is 0 Å². The van der Waals surface area contributed by atoms with Crippen LogP contribution in [0, 0.1) is 5.92 Å². The lowest BCUT2D eigenvalue weighted by atomic mass is 9.95. The molecule has 16 heteroatoms. The van der Waals surface area contributed by atoms with Crippen molar-refractivity contribution in [1.29, 1.82) is 0 Å². The fourth-order valence-electron chi connectivity index (χ4n) is 4.57. The fourth-order valence-corrected chi connectivity index (χ4v) is 4.64. The maximum atomic E-state index is 13.0. The van der Waals surface area contributed by atoms with Gasteiger partial charge in [-0.25, -0.2) is 4.79 Å². The minimum atomic E-state index is -4.60. The van der Waals surface area contributed by atoms with Gasteiger partial charge >= 0.3 is 18.3 Å². The third-order valence-electron chi connectivity index (χ3n) is 7.10. The van der Waals surface area contributed by atoms with E-state index in [9.17, 15) is 27.9 Å². The molecule has 0 saturated carbocycles. The molecule has 48 heavy (non-hydrogen) atoms. The Kier molecular flexibility index (Phi) is 11.6. The second kappa shape index (κ2) is 15.4. The molecule has 0 bridgehead atoms. The molecular weight excluding hydrogens is 655 g/mol. The highest BCUT2D eigenvalue weighted by molar-refractivity contribution is 6.19. The highest BCUT2D eigenvalue weighted by atomic mass is 35.5. The summed E-state index contributed by atoms with van der Waals surface area (Å²) in [6.45, 7) is 9.37. The number of nitrogens with one attached hydrogen (secondary N) is 2. The highest BCUT2D eigenvalue weighted by Gasteiger charge is 2.36. The Morgan fingerprint density at radius 3 is 2.25 bits per heavy atom. The van der Waals surface area contributed by atoms with Gasteiger partial charge in [-0.3, -0.25) is 4.79 Å². The molecule has 0 atom stereocenters. The van der Waals surface area contributed by atoms with Crippen molar-refractivity contribution in [2.24, 2.45) is 5.92 Å². The molecule has 0 unspecified atom stereocenters. The zero-order valence-electron chi connectivity index (χ0n) is 26.7. The van der Waals surface area contributed by atoms with Crippen LogP contribution in [0.4, 0.5) is 35.5 Å². The van der Waals surface area contributed by atoms with E-state index >= 15 is 0 Å². The summed E-state index contributed by atoms with van der Waals surface area (Å²) in [5.74, 6) is 0.621. The van der Waals surface area contributed by atoms with Gasteiger partial charge in [0.05, 0.1) is 0 Å². The standard InChI is InChI=1S/C32H37ClF3N7O5/c1-20(13-33)18-47-25-11-5-21(6-12-25)14-37-27-39-28(41-29(40-27)48-19-32(34,35)36)38-24-9-7-23(8-10-24)26(44)42-15-22(16-42)17-43(30(45)46)31(2,3)4/h5-12,22H,1,13-19H2,2-4H3,(H,45,46)(H2,37,38,39,40,41). The molecule has 1 aliphatic rings. The number of rotatable bonds is 14. The van der Waals surface area contributed by atoms with Crippen LogP contribution in [0.25, 0.3) is 0 Å². The highest BCUT2D eigenvalue weighted by Crippen LogP contribution is 2.25. The number of amides is 2. The van der Waals surface area contributed by atoms with E-state index in [1.165, 1.54) is 4.90 Å². The van der Waals surface area contributed by atoms with Crippen molar-refractivity contribution in [1.82, 2.24) is 24.8 Å². The monoisotopic (exact) mass is 691 g/mol. The lowest BCUT2D eigenvalue weighted by Gasteiger charge is -2.44. The van der Waals surface area contributed by atoms with Gasteiger partial charge in [-0.1, -0.05) is 18.7 Å². The number of aromatic nitrogens is 3. The molecule has 1 aromatic heterocycles. The lowest BCUT2D eigenvalue weighted by Crippen LogP contribution is -2.57. The Balaban J connectivity index is 1.38. The molecule has 3 N–H and O–H groups in total. The van der Waals surface area contributed by atoms with E-state index < -0.39 is 30.4 Å². The molecular formula is C32H37ClF3N7O5. The molecule has 4 rings (SSSR count). The zero-order chi connectivity index (χ0) is 35.1. The van der Waals surface area contributed by atoms with Crippen molar-refractivity contribution in [2.45, 2.75) is 39.0 Å². The number of carbonyl (C=O) groups is 2. The van der Waals surface area contributed by atoms with Gasteiger partial charge in [0.15, 0.2) is 6.61 Å². The van der Waals surface area contributed by atoms with Crippen LogP contribution in [-0.2, 0) is 6.54 Å². The number of hydrogen-bond acceptors (Lipinski definition) is 9. The van der Waals surface area contributed by atoms with Crippen molar-refractivity contribution in [3.63, 3.8) is 0 Å². The normalized spacial score (nSPS) is 13.4. The van der Waals surface area contributed by atoms with E-state index in [1.807, 2.05) is 20.8 Å². The minimum Gasteiger partial charge on any atom is -0.489 e. The maximum Gasteiger partial charge on any atom is 0.422 e. The molecule has 1 fully saturated rings. The average molecular weight is 692 g/mol. The first-order chi connectivity index (χ1) is 22.6. The average Bonchev–Trinajstić information content (AvgIpc) is 3.00. The molecule has 2 aromatic carbocycles. The summed E-state index contributed by atoms with van der Waals surface area (Å²) in [6.07, 6.45) is -5.60. The second-order valence-corrected chi connectivity index (χ2v) is 12.4. The van der Waals surface area contributed by atoms with Crippen molar-refractivity contribution < 1.29 is 37.3 Å². The Bertz CT molecular complexity index is 1580. The van der Waals surface area contributed by atoms with Crippen LogP contribution in [0.2, 0.25) is 0 Å². The molecule has 0 aliphatic carbocycles. The van der Waals surface area contributed by atoms with Gasteiger partial charge in [-0.05, 0) is 68.3 Å². The Morgan fingerprint density at radius 1 is 1.02 bits per heavy atom. The third-order valence-corrected chi connectivity index (χ3v) is 7.48. The van der Waals surface area contributed by atoms with E-state index in [-0.39, 0.29) is 36.9 Å². The molecule has 258 valence electrons. The van der Waals surface area contributed by atoms with E-state index in [4.69, 9.17) is 21.1 Å². The number of anilines is 3. The van der Waals surface area contributed by atoms with Gasteiger partial charge in [-0.2, -0.15) is 28.1 Å². The molecule has 2 heterocycles. The second-order valence-electron chi connectivity index (χ2n) is 12.2. The fraction of sp³-hybridized carbons (Fsp3) is 0.406. The number of likely N-dealkylation sites (tertiary alicyclic amines) is 1. The Hall–Kier alpha value is -4.79. The van der Waals surface area contributed by atoms with Crippen LogP contribution < -0.4 is 20.1 Å². The maximum absolute atomic E-state index is 13.0. The van der Waals surface area contributed by atoms with E-state index in [0.29, 0.717) is 42.5 Å². The van der Waals surface area contributed by atoms with E-state index in [2.05, 4.69) is 32.2 Å². The molecule has 12 nitrogen and oxygen atoms in total. The number of carbonyl (C=O) groups excluding carboxylic acids is 1. The van der Waals surface area contributed by atoms with E-state index in [0.717, 1.165) is 11.1 Å². The first kappa shape index (κ1) is 36.1. The molecule has 1 saturated heterocycles. The zero-order valence-corrected chi connectivity index (χ0v) is 27.4. The van der Waals surface area contributed by atoms with Crippen LogP contribution in [-0.4, -0.2) is 92.3 Å². The Morgan fingerprint density at radius 2 is 1.67 bits per heavy atom. The number of carboxylic acid groups (broad SMARTS) is 1. The first-order valence-electron chi connectivity index (χ1n) is 14.9. The lowest BCUT2D eigenvalue weighted by molar-refractivity contribution is -0.154. The van der Waals surface area contributed by atoms with Crippen LogP contribution in [0.5, 0.6) is 11.8 Å². The predicted octanol–water partition coefficient (Wildman–Crippen LogP) is 6.19. The van der Waals surface area contributed by atoms with Gasteiger partial charge in [-0.15, -0.1) is 11.6 Å². The summed E-state index contributed by atoms with van der Waals surface area (Å²) in [5.41, 5.74) is 1.87. The number of alkyl halides is 4. The number of hydrogen-bond donors (Lipinski definition) is 3. The molecule has 0 spiro atoms. The summed E-state index contributed by atoms with van der Waals surface area (Å²) >= 11 is 5.72. The minimum absolute atomic E-state index is 0.0320. The predicted molar refractivity (Wildman–Crippen MR) is 174 cm³/mol. The molecule has 2 amide bonds. The number of nitrogens with zero attached hydrogens (tertiary/aromatic N) is 5. The van der Waals surface area contributed by atoms with Crippen LogP contribution >= 0.6 is 11.6 Å². The van der Waals surface area contributed by atoms with Crippen molar-refractivity contribution in [2.75, 3.05) is 49.4 Å². The quantitative estimate of drug-likeness (QED) is 0.132. The SMILES string of the molecule is C=C(CCl)COc1ccc(CNc2nc(Nc3ccc(C(=O)N4CC(CN(C(=O)O)C(C)(C)C)C4)cc3)nc(OCC(F)(F)F)n2)cc1. The molecule has 0 radical (unpaired) electrons. The third kappa shape index (κ3) is 10.6. The molecule has 3 aromatic rings. The van der Waals surface area contributed by atoms with Gasteiger partial charge in [0.2, 0.25) is 11.9 Å². The summed E-state index contributed by atoms with van der Waals surface area (Å²) in [7, 11) is 0. The molecule has 1 aliphatic heterocycles.